The Labute approximate surface area is 148 Å². The molecule has 1 aliphatic heterocycles. The normalized spacial score (nSPS) is 18.2. The Morgan fingerprint density at radius 3 is 2.92 bits per heavy atom. The van der Waals surface area contributed by atoms with Gasteiger partial charge in [-0.1, -0.05) is 30.3 Å². The molecule has 0 saturated carbocycles. The van der Waals surface area contributed by atoms with Crippen molar-refractivity contribution in [1.29, 1.82) is 0 Å². The van der Waals surface area contributed by atoms with Crippen LogP contribution in [0, 0.1) is 0 Å². The molecule has 0 spiro atoms. The molecule has 0 aromatic heterocycles. The van der Waals surface area contributed by atoms with Gasteiger partial charge < -0.3 is 19.5 Å². The summed E-state index contributed by atoms with van der Waals surface area (Å²) >= 11 is 0. The van der Waals surface area contributed by atoms with Crippen molar-refractivity contribution in [3.05, 3.63) is 42.0 Å². The number of nitrogens with one attached hydrogen (secondary N) is 1. The number of fused-ring (bicyclic) bond motifs is 1. The van der Waals surface area contributed by atoms with E-state index in [0.29, 0.717) is 13.2 Å². The smallest absolute Gasteiger partial charge is 0.249 e. The largest absolute Gasteiger partial charge is 0.496 e. The highest BCUT2D eigenvalue weighted by Crippen LogP contribution is 2.27. The van der Waals surface area contributed by atoms with E-state index in [-0.39, 0.29) is 12.0 Å². The number of benzene rings is 2. The van der Waals surface area contributed by atoms with Crippen molar-refractivity contribution >= 4 is 16.7 Å². The molecule has 1 fully saturated rings. The van der Waals surface area contributed by atoms with Gasteiger partial charge >= 0.3 is 0 Å². The Morgan fingerprint density at radius 1 is 1.32 bits per heavy atom. The van der Waals surface area contributed by atoms with Crippen LogP contribution in [0.5, 0.6) is 5.75 Å². The van der Waals surface area contributed by atoms with Crippen molar-refractivity contribution in [2.75, 3.05) is 20.3 Å². The Morgan fingerprint density at radius 2 is 2.16 bits per heavy atom. The predicted octanol–water partition coefficient (Wildman–Crippen LogP) is 3.05. The van der Waals surface area contributed by atoms with Gasteiger partial charge in [-0.05, 0) is 36.6 Å². The number of methoxy groups -OCH3 is 1. The van der Waals surface area contributed by atoms with Gasteiger partial charge in [0, 0.05) is 18.7 Å². The molecule has 2 aromatic carbocycles. The third-order valence-corrected chi connectivity index (χ3v) is 4.58. The maximum atomic E-state index is 12.3. The molecule has 1 saturated heterocycles. The maximum Gasteiger partial charge on any atom is 0.249 e. The van der Waals surface area contributed by atoms with Gasteiger partial charge in [0.1, 0.15) is 11.9 Å². The van der Waals surface area contributed by atoms with Gasteiger partial charge in [-0.3, -0.25) is 4.79 Å². The summed E-state index contributed by atoms with van der Waals surface area (Å²) in [6.07, 6.45) is 1.68. The second-order valence-corrected chi connectivity index (χ2v) is 6.30. The van der Waals surface area contributed by atoms with Crippen LogP contribution < -0.4 is 10.1 Å². The zero-order valence-electron chi connectivity index (χ0n) is 14.8. The fraction of sp³-hybridized carbons (Fsp3) is 0.450. The second-order valence-electron chi connectivity index (χ2n) is 6.30. The first-order valence-corrected chi connectivity index (χ1v) is 8.74. The SMILES string of the molecule is COc1ccc2ccccc2c1CNC(=O)[C@H](C)OC[C@@H]1CCCO1. The van der Waals surface area contributed by atoms with Gasteiger partial charge in [0.25, 0.3) is 0 Å². The zero-order valence-corrected chi connectivity index (χ0v) is 14.8. The van der Waals surface area contributed by atoms with Crippen LogP contribution in [0.15, 0.2) is 36.4 Å². The molecule has 0 aliphatic carbocycles. The van der Waals surface area contributed by atoms with E-state index >= 15 is 0 Å². The van der Waals surface area contributed by atoms with Crippen molar-refractivity contribution in [3.8, 4) is 5.75 Å². The lowest BCUT2D eigenvalue weighted by molar-refractivity contribution is -0.133. The van der Waals surface area contributed by atoms with Crippen LogP contribution in [0.2, 0.25) is 0 Å². The van der Waals surface area contributed by atoms with E-state index in [0.717, 1.165) is 41.5 Å². The van der Waals surface area contributed by atoms with Crippen LogP contribution in [0.25, 0.3) is 10.8 Å². The number of carbonyl (C=O) groups is 1. The highest BCUT2D eigenvalue weighted by atomic mass is 16.5. The van der Waals surface area contributed by atoms with Gasteiger partial charge in [-0.2, -0.15) is 0 Å². The number of carbonyl (C=O) groups excluding carboxylic acids is 1. The van der Waals surface area contributed by atoms with Crippen molar-refractivity contribution in [1.82, 2.24) is 5.32 Å². The molecule has 0 unspecified atom stereocenters. The summed E-state index contributed by atoms with van der Waals surface area (Å²) in [5.41, 5.74) is 0.972. The van der Waals surface area contributed by atoms with Gasteiger partial charge in [0.15, 0.2) is 0 Å². The molecular formula is C20H25NO4. The van der Waals surface area contributed by atoms with E-state index in [1.807, 2.05) is 36.4 Å². The second kappa shape index (κ2) is 8.32. The Bertz CT molecular complexity index is 725. The van der Waals surface area contributed by atoms with Crippen LogP contribution in [0.3, 0.4) is 0 Å². The molecule has 2 atom stereocenters. The molecule has 0 bridgehead atoms. The highest BCUT2D eigenvalue weighted by Gasteiger charge is 2.20. The van der Waals surface area contributed by atoms with Gasteiger partial charge in [0.2, 0.25) is 5.91 Å². The molecule has 25 heavy (non-hydrogen) atoms. The van der Waals surface area contributed by atoms with Crippen LogP contribution >= 0.6 is 0 Å². The topological polar surface area (TPSA) is 56.8 Å². The minimum Gasteiger partial charge on any atom is -0.496 e. The molecule has 5 nitrogen and oxygen atoms in total. The maximum absolute atomic E-state index is 12.3. The summed E-state index contributed by atoms with van der Waals surface area (Å²) in [4.78, 5) is 12.3. The zero-order chi connectivity index (χ0) is 17.6. The lowest BCUT2D eigenvalue weighted by atomic mass is 10.0. The average Bonchev–Trinajstić information content (AvgIpc) is 3.17. The molecular weight excluding hydrogens is 318 g/mol. The van der Waals surface area contributed by atoms with E-state index in [2.05, 4.69) is 5.32 Å². The van der Waals surface area contributed by atoms with Crippen LogP contribution in [0.1, 0.15) is 25.3 Å². The summed E-state index contributed by atoms with van der Waals surface area (Å²) in [5, 5.41) is 5.16. The first kappa shape index (κ1) is 17.7. The summed E-state index contributed by atoms with van der Waals surface area (Å²) in [6.45, 7) is 3.42. The number of amides is 1. The monoisotopic (exact) mass is 343 g/mol. The molecule has 1 N–H and O–H groups in total. The number of ether oxygens (including phenoxy) is 3. The average molecular weight is 343 g/mol. The number of hydrogen-bond donors (Lipinski definition) is 1. The van der Waals surface area contributed by atoms with Gasteiger partial charge in [-0.25, -0.2) is 0 Å². The summed E-state index contributed by atoms with van der Waals surface area (Å²) < 4.78 is 16.6. The molecule has 1 amide bonds. The Balaban J connectivity index is 1.62. The summed E-state index contributed by atoms with van der Waals surface area (Å²) in [6, 6.07) is 12.0. The molecule has 2 aromatic rings. The van der Waals surface area contributed by atoms with Crippen LogP contribution in [0.4, 0.5) is 0 Å². The highest BCUT2D eigenvalue weighted by molar-refractivity contribution is 5.88. The third-order valence-electron chi connectivity index (χ3n) is 4.58. The van der Waals surface area contributed by atoms with Crippen molar-refractivity contribution in [2.24, 2.45) is 0 Å². The molecule has 3 rings (SSSR count). The number of hydrogen-bond acceptors (Lipinski definition) is 4. The van der Waals surface area contributed by atoms with Crippen molar-refractivity contribution in [2.45, 2.75) is 38.5 Å². The lowest BCUT2D eigenvalue weighted by Gasteiger charge is -2.17. The van der Waals surface area contributed by atoms with E-state index in [1.54, 1.807) is 14.0 Å². The molecule has 5 heteroatoms. The van der Waals surface area contributed by atoms with Crippen LogP contribution in [-0.4, -0.2) is 38.4 Å². The van der Waals surface area contributed by atoms with E-state index in [1.165, 1.54) is 0 Å². The molecule has 0 radical (unpaired) electrons. The van der Waals surface area contributed by atoms with E-state index < -0.39 is 6.10 Å². The number of rotatable bonds is 7. The minimum atomic E-state index is -0.509. The summed E-state index contributed by atoms with van der Waals surface area (Å²) in [5.74, 6) is 0.639. The third kappa shape index (κ3) is 4.30. The minimum absolute atomic E-state index is 0.119. The van der Waals surface area contributed by atoms with Crippen molar-refractivity contribution in [3.63, 3.8) is 0 Å². The van der Waals surface area contributed by atoms with Gasteiger partial charge in [0.05, 0.1) is 19.8 Å². The molecule has 134 valence electrons. The molecule has 1 heterocycles. The fourth-order valence-electron chi connectivity index (χ4n) is 3.11. The van der Waals surface area contributed by atoms with E-state index in [9.17, 15) is 4.79 Å². The quantitative estimate of drug-likeness (QED) is 0.839. The predicted molar refractivity (Wildman–Crippen MR) is 96.7 cm³/mol. The van der Waals surface area contributed by atoms with Gasteiger partial charge in [-0.15, -0.1) is 0 Å². The Kier molecular flexibility index (Phi) is 5.89. The van der Waals surface area contributed by atoms with Crippen molar-refractivity contribution < 1.29 is 19.0 Å². The molecule has 1 aliphatic rings. The standard InChI is InChI=1S/C20H25NO4/c1-14(25-13-16-7-5-11-24-16)20(22)21-12-18-17-8-4-3-6-15(17)9-10-19(18)23-2/h3-4,6,8-10,14,16H,5,7,11-13H2,1-2H3,(H,21,22)/t14-,16-/m0/s1. The Hall–Kier alpha value is -2.11. The first-order chi connectivity index (χ1) is 12.2. The summed E-state index contributed by atoms with van der Waals surface area (Å²) in [7, 11) is 1.64. The first-order valence-electron chi connectivity index (χ1n) is 8.74. The van der Waals surface area contributed by atoms with Crippen LogP contribution in [-0.2, 0) is 20.8 Å². The lowest BCUT2D eigenvalue weighted by Crippen LogP contribution is -2.35. The fourth-order valence-corrected chi connectivity index (χ4v) is 3.11. The van der Waals surface area contributed by atoms with E-state index in [4.69, 9.17) is 14.2 Å².